The molecule has 2 aromatic carbocycles. The normalized spacial score (nSPS) is 11.1. The number of aromatic nitrogens is 4. The highest BCUT2D eigenvalue weighted by molar-refractivity contribution is 7.98. The van der Waals surface area contributed by atoms with Gasteiger partial charge in [0.2, 0.25) is 0 Å². The van der Waals surface area contributed by atoms with Crippen molar-refractivity contribution in [3.63, 3.8) is 0 Å². The number of hydrogen-bond acceptors (Lipinski definition) is 4. The molecule has 0 fully saturated rings. The third kappa shape index (κ3) is 5.15. The van der Waals surface area contributed by atoms with Gasteiger partial charge in [-0.3, -0.25) is 9.48 Å². The van der Waals surface area contributed by atoms with E-state index < -0.39 is 5.82 Å². The zero-order chi connectivity index (χ0) is 24.4. The standard InChI is InChI=1S/C24H22ClF2N5OS/c1-14-16(12-32(3)30-14)11-31(2)23(33)22-21(15-7-9-17(26)10-8-15)28-24(29-22)34-13-18-19(25)5-4-6-20(18)27/h4-10,12H,11,13H2,1-3H3,(H,28,29). The lowest BCUT2D eigenvalue weighted by molar-refractivity contribution is 0.0780. The molecule has 4 aromatic rings. The Bertz CT molecular complexity index is 1320. The van der Waals surface area contributed by atoms with E-state index in [0.29, 0.717) is 33.5 Å². The van der Waals surface area contributed by atoms with Gasteiger partial charge in [0.1, 0.15) is 23.0 Å². The van der Waals surface area contributed by atoms with Crippen molar-refractivity contribution >= 4 is 29.3 Å². The number of thioether (sulfide) groups is 1. The van der Waals surface area contributed by atoms with Gasteiger partial charge in [-0.15, -0.1) is 0 Å². The molecule has 1 N–H and O–H groups in total. The van der Waals surface area contributed by atoms with Gasteiger partial charge in [0.15, 0.2) is 5.16 Å². The predicted molar refractivity (Wildman–Crippen MR) is 129 cm³/mol. The maximum Gasteiger partial charge on any atom is 0.272 e. The molecule has 6 nitrogen and oxygen atoms in total. The van der Waals surface area contributed by atoms with E-state index in [-0.39, 0.29) is 23.2 Å². The summed E-state index contributed by atoms with van der Waals surface area (Å²) in [5, 5.41) is 5.06. The van der Waals surface area contributed by atoms with E-state index in [1.165, 1.54) is 30.0 Å². The first-order valence-electron chi connectivity index (χ1n) is 10.4. The lowest BCUT2D eigenvalue weighted by Crippen LogP contribution is -2.27. The van der Waals surface area contributed by atoms with Crippen molar-refractivity contribution in [2.75, 3.05) is 7.05 Å². The summed E-state index contributed by atoms with van der Waals surface area (Å²) in [7, 11) is 3.52. The number of carbonyl (C=O) groups is 1. The first kappa shape index (κ1) is 24.0. The molecule has 0 aliphatic heterocycles. The minimum atomic E-state index is -0.409. The number of rotatable bonds is 7. The molecule has 10 heteroatoms. The van der Waals surface area contributed by atoms with Crippen LogP contribution in [0.25, 0.3) is 11.3 Å². The van der Waals surface area contributed by atoms with Crippen LogP contribution in [0.3, 0.4) is 0 Å². The Morgan fingerprint density at radius 2 is 1.94 bits per heavy atom. The summed E-state index contributed by atoms with van der Waals surface area (Å²) >= 11 is 7.36. The highest BCUT2D eigenvalue weighted by Crippen LogP contribution is 2.31. The first-order valence-corrected chi connectivity index (χ1v) is 11.8. The molecule has 0 radical (unpaired) electrons. The van der Waals surface area contributed by atoms with Gasteiger partial charge in [-0.05, 0) is 43.3 Å². The maximum absolute atomic E-state index is 14.2. The van der Waals surface area contributed by atoms with E-state index in [2.05, 4.69) is 15.1 Å². The van der Waals surface area contributed by atoms with Crippen molar-refractivity contribution in [2.45, 2.75) is 24.4 Å². The summed E-state index contributed by atoms with van der Waals surface area (Å²) in [5.74, 6) is -0.862. The summed E-state index contributed by atoms with van der Waals surface area (Å²) in [6.45, 7) is 2.24. The lowest BCUT2D eigenvalue weighted by Gasteiger charge is -2.16. The summed E-state index contributed by atoms with van der Waals surface area (Å²) in [5.41, 5.74) is 3.35. The fourth-order valence-corrected chi connectivity index (χ4v) is 4.74. The highest BCUT2D eigenvalue weighted by atomic mass is 35.5. The monoisotopic (exact) mass is 501 g/mol. The molecule has 0 atom stereocenters. The summed E-state index contributed by atoms with van der Waals surface area (Å²) in [6.07, 6.45) is 1.87. The number of benzene rings is 2. The fourth-order valence-electron chi connectivity index (χ4n) is 3.52. The van der Waals surface area contributed by atoms with Gasteiger partial charge in [0.05, 0.1) is 5.69 Å². The Hall–Kier alpha value is -3.17. The lowest BCUT2D eigenvalue weighted by atomic mass is 10.1. The van der Waals surface area contributed by atoms with Crippen LogP contribution in [0.15, 0.2) is 53.8 Å². The van der Waals surface area contributed by atoms with E-state index in [1.807, 2.05) is 20.2 Å². The Kier molecular flexibility index (Phi) is 7.04. The molecule has 0 spiro atoms. The Balaban J connectivity index is 1.64. The number of aromatic amines is 1. The number of hydrogen-bond donors (Lipinski definition) is 1. The Morgan fingerprint density at radius 3 is 2.59 bits per heavy atom. The average Bonchev–Trinajstić information content (AvgIpc) is 3.35. The van der Waals surface area contributed by atoms with Crippen LogP contribution < -0.4 is 0 Å². The molecule has 0 aliphatic carbocycles. The predicted octanol–water partition coefficient (Wildman–Crippen LogP) is 5.61. The Labute approximate surface area is 205 Å². The molecule has 0 saturated carbocycles. The van der Waals surface area contributed by atoms with E-state index in [1.54, 1.807) is 40.9 Å². The molecule has 0 aliphatic rings. The van der Waals surface area contributed by atoms with Crippen molar-refractivity contribution < 1.29 is 13.6 Å². The van der Waals surface area contributed by atoms with Crippen LogP contribution in [-0.2, 0) is 19.3 Å². The van der Waals surface area contributed by atoms with Gasteiger partial charge in [-0.1, -0.05) is 29.4 Å². The number of carbonyl (C=O) groups excluding carboxylic acids is 1. The number of halogens is 3. The number of nitrogens with one attached hydrogen (secondary N) is 1. The fraction of sp³-hybridized carbons (Fsp3) is 0.208. The maximum atomic E-state index is 14.2. The third-order valence-electron chi connectivity index (χ3n) is 5.30. The van der Waals surface area contributed by atoms with Gasteiger partial charge < -0.3 is 9.88 Å². The molecule has 1 amide bonds. The SMILES string of the molecule is Cc1nn(C)cc1CN(C)C(=O)c1[nH]c(SCc2c(F)cccc2Cl)nc1-c1ccc(F)cc1. The minimum absolute atomic E-state index is 0.222. The number of imidazole rings is 1. The van der Waals surface area contributed by atoms with Crippen LogP contribution in [0.5, 0.6) is 0 Å². The van der Waals surface area contributed by atoms with Gasteiger partial charge >= 0.3 is 0 Å². The van der Waals surface area contributed by atoms with E-state index in [4.69, 9.17) is 11.6 Å². The van der Waals surface area contributed by atoms with Crippen LogP contribution in [-0.4, -0.2) is 37.6 Å². The van der Waals surface area contributed by atoms with Gasteiger partial charge in [0.25, 0.3) is 5.91 Å². The second-order valence-corrected chi connectivity index (χ2v) is 9.21. The number of aryl methyl sites for hydroxylation is 2. The van der Waals surface area contributed by atoms with E-state index in [0.717, 1.165) is 11.3 Å². The number of H-pyrrole nitrogens is 1. The smallest absolute Gasteiger partial charge is 0.272 e. The van der Waals surface area contributed by atoms with Crippen LogP contribution in [0.2, 0.25) is 5.02 Å². The van der Waals surface area contributed by atoms with E-state index >= 15 is 0 Å². The van der Waals surface area contributed by atoms with Crippen LogP contribution >= 0.6 is 23.4 Å². The highest BCUT2D eigenvalue weighted by Gasteiger charge is 2.23. The average molecular weight is 502 g/mol. The molecule has 4 rings (SSSR count). The second kappa shape index (κ2) is 9.99. The molecular weight excluding hydrogens is 480 g/mol. The summed E-state index contributed by atoms with van der Waals surface area (Å²) in [4.78, 5) is 22.6. The van der Waals surface area contributed by atoms with Crippen molar-refractivity contribution in [3.05, 3.63) is 87.8 Å². The Morgan fingerprint density at radius 1 is 1.21 bits per heavy atom. The van der Waals surface area contributed by atoms with Gasteiger partial charge in [-0.2, -0.15) is 5.10 Å². The third-order valence-corrected chi connectivity index (χ3v) is 6.55. The largest absolute Gasteiger partial charge is 0.336 e. The first-order chi connectivity index (χ1) is 16.2. The summed E-state index contributed by atoms with van der Waals surface area (Å²) < 4.78 is 29.4. The zero-order valence-corrected chi connectivity index (χ0v) is 20.3. The van der Waals surface area contributed by atoms with Crippen molar-refractivity contribution in [1.29, 1.82) is 0 Å². The zero-order valence-electron chi connectivity index (χ0n) is 18.8. The van der Waals surface area contributed by atoms with Crippen molar-refractivity contribution in [2.24, 2.45) is 7.05 Å². The molecule has 0 saturated heterocycles. The van der Waals surface area contributed by atoms with Crippen molar-refractivity contribution in [3.8, 4) is 11.3 Å². The van der Waals surface area contributed by atoms with Gasteiger partial charge in [0, 0.05) is 54.3 Å². The van der Waals surface area contributed by atoms with Crippen molar-refractivity contribution in [1.82, 2.24) is 24.6 Å². The molecule has 176 valence electrons. The van der Waals surface area contributed by atoms with Crippen LogP contribution in [0, 0.1) is 18.6 Å². The van der Waals surface area contributed by atoms with Crippen LogP contribution in [0.1, 0.15) is 27.3 Å². The van der Waals surface area contributed by atoms with E-state index in [9.17, 15) is 13.6 Å². The summed E-state index contributed by atoms with van der Waals surface area (Å²) in [6, 6.07) is 10.3. The van der Waals surface area contributed by atoms with Gasteiger partial charge in [-0.25, -0.2) is 13.8 Å². The molecule has 0 unspecified atom stereocenters. The quantitative estimate of drug-likeness (QED) is 0.334. The number of nitrogens with zero attached hydrogens (tertiary/aromatic N) is 4. The number of amides is 1. The minimum Gasteiger partial charge on any atom is -0.336 e. The topological polar surface area (TPSA) is 66.8 Å². The van der Waals surface area contributed by atoms with Crippen LogP contribution in [0.4, 0.5) is 8.78 Å². The molecule has 2 heterocycles. The molecule has 2 aromatic heterocycles. The second-order valence-electron chi connectivity index (χ2n) is 7.84. The molecule has 34 heavy (non-hydrogen) atoms. The molecular formula is C24H22ClF2N5OS. The molecule has 0 bridgehead atoms.